The van der Waals surface area contributed by atoms with Gasteiger partial charge in [-0.25, -0.2) is 0 Å². The Morgan fingerprint density at radius 3 is 2.43 bits per heavy atom. The van der Waals surface area contributed by atoms with Crippen molar-refractivity contribution in [3.8, 4) is 0 Å². The topological polar surface area (TPSA) is 57.4 Å². The summed E-state index contributed by atoms with van der Waals surface area (Å²) in [6.07, 6.45) is 6.50. The van der Waals surface area contributed by atoms with E-state index in [4.69, 9.17) is 15.0 Å². The van der Waals surface area contributed by atoms with E-state index in [1.807, 2.05) is 52.1 Å². The lowest BCUT2D eigenvalue weighted by atomic mass is 9.89. The molecule has 0 aliphatic carbocycles. The van der Waals surface area contributed by atoms with Crippen LogP contribution in [0.3, 0.4) is 0 Å². The van der Waals surface area contributed by atoms with Gasteiger partial charge >= 0.3 is 7.12 Å². The molecule has 2 rings (SSSR count). The number of aromatic nitrogens is 1. The molecule has 0 amide bonds. The van der Waals surface area contributed by atoms with E-state index in [0.717, 1.165) is 17.5 Å². The smallest absolute Gasteiger partial charge is 0.400 e. The number of rotatable bonds is 4. The van der Waals surface area contributed by atoms with E-state index >= 15 is 0 Å². The second kappa shape index (κ2) is 5.91. The van der Waals surface area contributed by atoms with Crippen molar-refractivity contribution < 1.29 is 9.31 Å². The van der Waals surface area contributed by atoms with Gasteiger partial charge in [0.05, 0.1) is 11.2 Å². The average Bonchev–Trinajstić information content (AvgIpc) is 2.64. The minimum Gasteiger partial charge on any atom is -0.400 e. The Bertz CT molecular complexity index is 513. The van der Waals surface area contributed by atoms with Crippen LogP contribution in [0.5, 0.6) is 0 Å². The Kier molecular flexibility index (Phi) is 4.56. The molecule has 1 aliphatic rings. The molecule has 1 saturated heterocycles. The van der Waals surface area contributed by atoms with Gasteiger partial charge in [-0.3, -0.25) is 4.98 Å². The van der Waals surface area contributed by atoms with Gasteiger partial charge in [0.25, 0.3) is 0 Å². The molecule has 0 radical (unpaired) electrons. The van der Waals surface area contributed by atoms with Crippen LogP contribution in [0.4, 0.5) is 0 Å². The summed E-state index contributed by atoms with van der Waals surface area (Å²) in [5, 5.41) is 0. The molecule has 0 spiro atoms. The van der Waals surface area contributed by atoms with Crippen LogP contribution in [0.15, 0.2) is 24.4 Å². The Balaban J connectivity index is 2.09. The Morgan fingerprint density at radius 1 is 1.24 bits per heavy atom. The number of nitrogens with two attached hydrogens (primary N) is 1. The minimum absolute atomic E-state index is 0.0303. The zero-order chi connectivity index (χ0) is 15.7. The van der Waals surface area contributed by atoms with Crippen molar-refractivity contribution in [3.05, 3.63) is 35.6 Å². The second-order valence-electron chi connectivity index (χ2n) is 6.55. The summed E-state index contributed by atoms with van der Waals surface area (Å²) in [5.74, 6) is 1.93. The highest BCUT2D eigenvalue weighted by Crippen LogP contribution is 2.37. The van der Waals surface area contributed by atoms with Gasteiger partial charge in [0, 0.05) is 18.4 Å². The molecule has 1 aromatic rings. The molecule has 1 aliphatic heterocycles. The van der Waals surface area contributed by atoms with E-state index in [0.29, 0.717) is 0 Å². The maximum Gasteiger partial charge on any atom is 0.487 e. The maximum atomic E-state index is 6.04. The Hall–Kier alpha value is -1.17. The highest BCUT2D eigenvalue weighted by atomic mass is 16.7. The molecule has 0 saturated carbocycles. The Morgan fingerprint density at radius 2 is 1.86 bits per heavy atom. The van der Waals surface area contributed by atoms with E-state index in [1.165, 1.54) is 0 Å². The van der Waals surface area contributed by atoms with E-state index < -0.39 is 0 Å². The van der Waals surface area contributed by atoms with Gasteiger partial charge < -0.3 is 15.0 Å². The van der Waals surface area contributed by atoms with Crippen molar-refractivity contribution >= 4 is 13.2 Å². The van der Waals surface area contributed by atoms with Gasteiger partial charge in [-0.15, -0.1) is 0 Å². The zero-order valence-corrected chi connectivity index (χ0v) is 13.6. The van der Waals surface area contributed by atoms with E-state index in [9.17, 15) is 0 Å². The fourth-order valence-corrected chi connectivity index (χ4v) is 2.16. The number of pyridine rings is 1. The number of hydrogen-bond donors (Lipinski definition) is 1. The molecular formula is C16H25BN2O2. The number of hydrogen-bond acceptors (Lipinski definition) is 4. The third-order valence-electron chi connectivity index (χ3n) is 4.37. The fraction of sp³-hybridized carbons (Fsp3) is 0.562. The predicted molar refractivity (Wildman–Crippen MR) is 86.6 cm³/mol. The molecule has 0 aromatic carbocycles. The summed E-state index contributed by atoms with van der Waals surface area (Å²) in [6.45, 7) is 10.2. The zero-order valence-electron chi connectivity index (χ0n) is 13.6. The van der Waals surface area contributed by atoms with Crippen LogP contribution < -0.4 is 5.73 Å². The van der Waals surface area contributed by atoms with Crippen LogP contribution >= 0.6 is 0 Å². The molecule has 114 valence electrons. The van der Waals surface area contributed by atoms with E-state index in [1.54, 1.807) is 0 Å². The van der Waals surface area contributed by atoms with Crippen LogP contribution in [0.2, 0.25) is 0 Å². The van der Waals surface area contributed by atoms with Crippen LogP contribution in [0, 0.1) is 0 Å². The third-order valence-corrected chi connectivity index (χ3v) is 4.37. The van der Waals surface area contributed by atoms with Gasteiger partial charge in [0.2, 0.25) is 0 Å². The molecule has 1 fully saturated rings. The SMILES string of the molecule is CC[C@H](N)c1cncc(/C=C/B2OC(C)(C)C(C)(C)O2)c1. The first-order chi connectivity index (χ1) is 9.75. The molecule has 1 aromatic heterocycles. The predicted octanol–water partition coefficient (Wildman–Crippen LogP) is 3.14. The summed E-state index contributed by atoms with van der Waals surface area (Å²) >= 11 is 0. The summed E-state index contributed by atoms with van der Waals surface area (Å²) < 4.78 is 11.9. The van der Waals surface area contributed by atoms with Gasteiger partial charge in [0.1, 0.15) is 0 Å². The molecule has 1 atom stereocenters. The lowest BCUT2D eigenvalue weighted by molar-refractivity contribution is 0.00578. The molecule has 0 bridgehead atoms. The molecule has 21 heavy (non-hydrogen) atoms. The lowest BCUT2D eigenvalue weighted by Gasteiger charge is -2.32. The van der Waals surface area contributed by atoms with Crippen molar-refractivity contribution in [1.29, 1.82) is 0 Å². The minimum atomic E-state index is -0.335. The summed E-state index contributed by atoms with van der Waals surface area (Å²) in [6, 6.07) is 2.09. The van der Waals surface area contributed by atoms with Crippen LogP contribution in [-0.2, 0) is 9.31 Å². The maximum absolute atomic E-state index is 6.04. The highest BCUT2D eigenvalue weighted by Gasteiger charge is 2.49. The number of nitrogens with zero attached hydrogens (tertiary/aromatic N) is 1. The summed E-state index contributed by atoms with van der Waals surface area (Å²) in [7, 11) is -0.335. The fourth-order valence-electron chi connectivity index (χ4n) is 2.16. The standard InChI is InChI=1S/C16H25BN2O2/c1-6-14(18)13-9-12(10-19-11-13)7-8-17-20-15(2,3)16(4,5)21-17/h7-11,14H,6,18H2,1-5H3/b8-7+/t14-/m0/s1. The molecular weight excluding hydrogens is 263 g/mol. The summed E-state index contributed by atoms with van der Waals surface area (Å²) in [5.41, 5.74) is 7.47. The van der Waals surface area contributed by atoms with Crippen molar-refractivity contribution in [1.82, 2.24) is 4.98 Å². The second-order valence-corrected chi connectivity index (χ2v) is 6.55. The van der Waals surface area contributed by atoms with E-state index in [2.05, 4.69) is 18.0 Å². The van der Waals surface area contributed by atoms with E-state index in [-0.39, 0.29) is 24.4 Å². The normalized spacial score (nSPS) is 21.9. The monoisotopic (exact) mass is 288 g/mol. The van der Waals surface area contributed by atoms with Gasteiger partial charge in [0.15, 0.2) is 0 Å². The van der Waals surface area contributed by atoms with Crippen molar-refractivity contribution in [2.75, 3.05) is 0 Å². The summed E-state index contributed by atoms with van der Waals surface area (Å²) in [4.78, 5) is 4.24. The highest BCUT2D eigenvalue weighted by molar-refractivity contribution is 6.52. The first-order valence-corrected chi connectivity index (χ1v) is 7.49. The van der Waals surface area contributed by atoms with Crippen LogP contribution in [-0.4, -0.2) is 23.3 Å². The van der Waals surface area contributed by atoms with Crippen LogP contribution in [0.1, 0.15) is 58.2 Å². The largest absolute Gasteiger partial charge is 0.487 e. The van der Waals surface area contributed by atoms with Crippen molar-refractivity contribution in [2.24, 2.45) is 5.73 Å². The van der Waals surface area contributed by atoms with Crippen molar-refractivity contribution in [2.45, 2.75) is 58.3 Å². The first-order valence-electron chi connectivity index (χ1n) is 7.49. The Labute approximate surface area is 127 Å². The lowest BCUT2D eigenvalue weighted by Crippen LogP contribution is -2.41. The first kappa shape index (κ1) is 16.2. The quantitative estimate of drug-likeness (QED) is 0.865. The van der Waals surface area contributed by atoms with Crippen molar-refractivity contribution in [3.63, 3.8) is 0 Å². The molecule has 4 nitrogen and oxygen atoms in total. The van der Waals surface area contributed by atoms with Gasteiger partial charge in [-0.2, -0.15) is 0 Å². The van der Waals surface area contributed by atoms with Crippen LogP contribution in [0.25, 0.3) is 6.08 Å². The molecule has 5 heteroatoms. The average molecular weight is 288 g/mol. The van der Waals surface area contributed by atoms with Gasteiger partial charge in [-0.05, 0) is 51.3 Å². The van der Waals surface area contributed by atoms with Gasteiger partial charge in [-0.1, -0.05) is 19.0 Å². The molecule has 2 N–H and O–H groups in total. The molecule has 0 unspecified atom stereocenters. The third kappa shape index (κ3) is 3.54. The molecule has 2 heterocycles.